The van der Waals surface area contributed by atoms with Crippen LogP contribution in [0.3, 0.4) is 0 Å². The summed E-state index contributed by atoms with van der Waals surface area (Å²) in [5, 5.41) is 3.31. The molecule has 2 heterocycles. The topological polar surface area (TPSA) is 49.4 Å². The van der Waals surface area contributed by atoms with E-state index in [4.69, 9.17) is 0 Å². The summed E-state index contributed by atoms with van der Waals surface area (Å²) in [6.45, 7) is 6.42. The van der Waals surface area contributed by atoms with Gasteiger partial charge in [0.2, 0.25) is 10.0 Å². The Morgan fingerprint density at radius 2 is 2.24 bits per heavy atom. The first-order valence-corrected chi connectivity index (χ1v) is 10.5. The van der Waals surface area contributed by atoms with Gasteiger partial charge < -0.3 is 5.32 Å². The van der Waals surface area contributed by atoms with Gasteiger partial charge in [0, 0.05) is 24.0 Å². The summed E-state index contributed by atoms with van der Waals surface area (Å²) in [7, 11) is -3.38. The maximum atomic E-state index is 12.8. The van der Waals surface area contributed by atoms with Crippen molar-refractivity contribution in [1.29, 1.82) is 0 Å². The lowest BCUT2D eigenvalue weighted by Gasteiger charge is -2.32. The van der Waals surface area contributed by atoms with Crippen molar-refractivity contribution < 1.29 is 8.42 Å². The molecule has 21 heavy (non-hydrogen) atoms. The number of piperidine rings is 1. The van der Waals surface area contributed by atoms with Gasteiger partial charge in [-0.15, -0.1) is 11.3 Å². The van der Waals surface area contributed by atoms with Crippen LogP contribution in [0.4, 0.5) is 0 Å². The lowest BCUT2D eigenvalue weighted by molar-refractivity contribution is 0.268. The van der Waals surface area contributed by atoms with E-state index in [-0.39, 0.29) is 6.04 Å². The van der Waals surface area contributed by atoms with Crippen LogP contribution in [0.2, 0.25) is 0 Å². The number of halogens is 1. The van der Waals surface area contributed by atoms with E-state index in [2.05, 4.69) is 28.2 Å². The Morgan fingerprint density at radius 1 is 1.48 bits per heavy atom. The average Bonchev–Trinajstić information content (AvgIpc) is 2.81. The molecule has 0 radical (unpaired) electrons. The van der Waals surface area contributed by atoms with Gasteiger partial charge in [-0.25, -0.2) is 8.42 Å². The molecular formula is C14H23BrN2O2S2. The fourth-order valence-electron chi connectivity index (χ4n) is 2.60. The molecular weight excluding hydrogens is 372 g/mol. The van der Waals surface area contributed by atoms with Gasteiger partial charge in [-0.05, 0) is 54.7 Å². The highest BCUT2D eigenvalue weighted by Crippen LogP contribution is 2.35. The number of sulfonamides is 1. The molecule has 1 N–H and O–H groups in total. The van der Waals surface area contributed by atoms with Crippen LogP contribution < -0.4 is 5.32 Å². The number of thiophene rings is 1. The highest BCUT2D eigenvalue weighted by Gasteiger charge is 2.33. The van der Waals surface area contributed by atoms with Crippen LogP contribution in [0.1, 0.15) is 44.4 Å². The standard InChI is InChI=1S/C14H23BrN2O2S2/c1-3-7-16-10-12-9-13(14(15)20-12)21(18,19)17-8-5-4-6-11(17)2/h9,11,16H,3-8,10H2,1-2H3. The van der Waals surface area contributed by atoms with E-state index in [1.807, 2.05) is 13.0 Å². The third-order valence-corrected chi connectivity index (χ3v) is 8.03. The molecule has 0 bridgehead atoms. The maximum Gasteiger partial charge on any atom is 0.245 e. The van der Waals surface area contributed by atoms with Crippen molar-refractivity contribution in [1.82, 2.24) is 9.62 Å². The molecule has 1 atom stereocenters. The Kier molecular flexibility index (Phi) is 6.25. The van der Waals surface area contributed by atoms with Gasteiger partial charge in [0.15, 0.2) is 0 Å². The van der Waals surface area contributed by atoms with E-state index in [0.29, 0.717) is 15.2 Å². The second kappa shape index (κ2) is 7.55. The number of hydrogen-bond acceptors (Lipinski definition) is 4. The normalized spacial score (nSPS) is 20.8. The summed E-state index contributed by atoms with van der Waals surface area (Å²) in [5.74, 6) is 0. The van der Waals surface area contributed by atoms with Crippen LogP contribution in [0.5, 0.6) is 0 Å². The van der Waals surface area contributed by atoms with Crippen molar-refractivity contribution >= 4 is 37.3 Å². The molecule has 0 amide bonds. The second-order valence-electron chi connectivity index (χ2n) is 5.49. The van der Waals surface area contributed by atoms with Crippen molar-refractivity contribution in [3.8, 4) is 0 Å². The Hall–Kier alpha value is 0.0500. The zero-order chi connectivity index (χ0) is 15.5. The van der Waals surface area contributed by atoms with Gasteiger partial charge in [0.05, 0.1) is 3.79 Å². The molecule has 120 valence electrons. The first kappa shape index (κ1) is 17.4. The summed E-state index contributed by atoms with van der Waals surface area (Å²) in [4.78, 5) is 1.48. The molecule has 1 aliphatic rings. The van der Waals surface area contributed by atoms with E-state index >= 15 is 0 Å². The van der Waals surface area contributed by atoms with Gasteiger partial charge in [0.25, 0.3) is 0 Å². The molecule has 1 aromatic rings. The Bertz CT molecular complexity index is 572. The fourth-order valence-corrected chi connectivity index (χ4v) is 6.91. The zero-order valence-corrected chi connectivity index (χ0v) is 15.8. The summed E-state index contributed by atoms with van der Waals surface area (Å²) in [5.41, 5.74) is 0. The van der Waals surface area contributed by atoms with Gasteiger partial charge in [0.1, 0.15) is 4.90 Å². The van der Waals surface area contributed by atoms with E-state index in [1.54, 1.807) is 4.31 Å². The minimum absolute atomic E-state index is 0.0946. The van der Waals surface area contributed by atoms with Crippen LogP contribution >= 0.6 is 27.3 Å². The van der Waals surface area contributed by atoms with E-state index < -0.39 is 10.0 Å². The molecule has 7 heteroatoms. The lowest BCUT2D eigenvalue weighted by Crippen LogP contribution is -2.41. The number of nitrogens with one attached hydrogen (secondary N) is 1. The maximum absolute atomic E-state index is 12.8. The molecule has 1 saturated heterocycles. The molecule has 0 spiro atoms. The first-order chi connectivity index (χ1) is 9.96. The molecule has 0 aromatic carbocycles. The van der Waals surface area contributed by atoms with Crippen LogP contribution in [0, 0.1) is 0 Å². The molecule has 2 rings (SSSR count). The minimum atomic E-state index is -3.38. The first-order valence-electron chi connectivity index (χ1n) is 7.47. The summed E-state index contributed by atoms with van der Waals surface area (Å²) in [6.07, 6.45) is 4.09. The summed E-state index contributed by atoms with van der Waals surface area (Å²) in [6, 6.07) is 1.91. The van der Waals surface area contributed by atoms with Crippen molar-refractivity contribution in [3.63, 3.8) is 0 Å². The second-order valence-corrected chi connectivity index (χ2v) is 9.80. The van der Waals surface area contributed by atoms with E-state index in [0.717, 1.165) is 43.6 Å². The van der Waals surface area contributed by atoms with E-state index in [1.165, 1.54) is 11.3 Å². The predicted molar refractivity (Wildman–Crippen MR) is 91.2 cm³/mol. The van der Waals surface area contributed by atoms with Crippen LogP contribution in [0.15, 0.2) is 14.7 Å². The predicted octanol–water partition coefficient (Wildman–Crippen LogP) is 3.57. The number of nitrogens with zero attached hydrogens (tertiary/aromatic N) is 1. The molecule has 1 fully saturated rings. The summed E-state index contributed by atoms with van der Waals surface area (Å²) < 4.78 is 28.1. The molecule has 1 unspecified atom stereocenters. The fraction of sp³-hybridized carbons (Fsp3) is 0.714. The van der Waals surface area contributed by atoms with Crippen LogP contribution in [-0.4, -0.2) is 31.9 Å². The van der Waals surface area contributed by atoms with Gasteiger partial charge in [-0.2, -0.15) is 4.31 Å². The molecule has 1 aliphatic heterocycles. The largest absolute Gasteiger partial charge is 0.312 e. The van der Waals surface area contributed by atoms with Gasteiger partial charge >= 0.3 is 0 Å². The summed E-state index contributed by atoms with van der Waals surface area (Å²) >= 11 is 4.94. The highest BCUT2D eigenvalue weighted by molar-refractivity contribution is 9.11. The quantitative estimate of drug-likeness (QED) is 0.750. The van der Waals surface area contributed by atoms with Gasteiger partial charge in [-0.1, -0.05) is 13.3 Å². The average molecular weight is 395 g/mol. The number of hydrogen-bond donors (Lipinski definition) is 1. The van der Waals surface area contributed by atoms with Crippen LogP contribution in [-0.2, 0) is 16.6 Å². The number of rotatable bonds is 6. The Morgan fingerprint density at radius 3 is 2.90 bits per heavy atom. The SMILES string of the molecule is CCCNCc1cc(S(=O)(=O)N2CCCCC2C)c(Br)s1. The molecule has 0 aliphatic carbocycles. The smallest absolute Gasteiger partial charge is 0.245 e. The van der Waals surface area contributed by atoms with Crippen molar-refractivity contribution in [2.24, 2.45) is 0 Å². The molecule has 1 aromatic heterocycles. The van der Waals surface area contributed by atoms with Crippen molar-refractivity contribution in [2.45, 2.75) is 57.0 Å². The highest BCUT2D eigenvalue weighted by atomic mass is 79.9. The Balaban J connectivity index is 2.19. The van der Waals surface area contributed by atoms with Crippen molar-refractivity contribution in [3.05, 3.63) is 14.7 Å². The third-order valence-electron chi connectivity index (χ3n) is 3.76. The molecule has 4 nitrogen and oxygen atoms in total. The Labute approximate surface area is 140 Å². The van der Waals surface area contributed by atoms with Gasteiger partial charge in [-0.3, -0.25) is 0 Å². The third kappa shape index (κ3) is 4.07. The lowest BCUT2D eigenvalue weighted by atomic mass is 10.1. The van der Waals surface area contributed by atoms with Crippen LogP contribution in [0.25, 0.3) is 0 Å². The monoisotopic (exact) mass is 394 g/mol. The van der Waals surface area contributed by atoms with E-state index in [9.17, 15) is 8.42 Å². The zero-order valence-electron chi connectivity index (χ0n) is 12.6. The van der Waals surface area contributed by atoms with Crippen molar-refractivity contribution in [2.75, 3.05) is 13.1 Å². The minimum Gasteiger partial charge on any atom is -0.312 e. The molecule has 0 saturated carbocycles.